The maximum atomic E-state index is 9.93. The largest absolute Gasteiger partial charge is 0.508 e. The average Bonchev–Trinajstić information content (AvgIpc) is 1.63. The summed E-state index contributed by atoms with van der Waals surface area (Å²) in [6, 6.07) is 0. The molecular weight excluding hydrogens is 128 g/mol. The van der Waals surface area contributed by atoms with Crippen molar-refractivity contribution in [1.29, 1.82) is 0 Å². The minimum atomic E-state index is -1.46. The SMILES string of the molecule is CC(=O)OCOC(=O)O. The molecule has 0 radical (unpaired) electrons. The Hall–Kier alpha value is -1.26. The molecule has 0 aromatic rings. The van der Waals surface area contributed by atoms with E-state index in [4.69, 9.17) is 5.11 Å². The molecule has 0 aromatic heterocycles. The average molecular weight is 134 g/mol. The highest BCUT2D eigenvalue weighted by Gasteiger charge is 1.96. The van der Waals surface area contributed by atoms with Gasteiger partial charge in [-0.3, -0.25) is 4.79 Å². The van der Waals surface area contributed by atoms with Crippen LogP contribution in [-0.2, 0) is 14.3 Å². The van der Waals surface area contributed by atoms with Gasteiger partial charge in [0.15, 0.2) is 0 Å². The van der Waals surface area contributed by atoms with Crippen LogP contribution in [0.25, 0.3) is 0 Å². The Balaban J connectivity index is 3.10. The van der Waals surface area contributed by atoms with Gasteiger partial charge in [0, 0.05) is 6.92 Å². The van der Waals surface area contributed by atoms with Gasteiger partial charge in [0.2, 0.25) is 6.79 Å². The fourth-order valence-electron chi connectivity index (χ4n) is 0.163. The van der Waals surface area contributed by atoms with Crippen LogP contribution < -0.4 is 0 Å². The second-order valence-electron chi connectivity index (χ2n) is 1.16. The molecule has 52 valence electrons. The van der Waals surface area contributed by atoms with Gasteiger partial charge >= 0.3 is 12.1 Å². The van der Waals surface area contributed by atoms with Crippen molar-refractivity contribution in [3.8, 4) is 0 Å². The van der Waals surface area contributed by atoms with Gasteiger partial charge < -0.3 is 14.6 Å². The fourth-order valence-corrected chi connectivity index (χ4v) is 0.163. The normalized spacial score (nSPS) is 8.11. The molecule has 0 spiro atoms. The summed E-state index contributed by atoms with van der Waals surface area (Å²) in [7, 11) is 0. The zero-order chi connectivity index (χ0) is 7.28. The van der Waals surface area contributed by atoms with E-state index in [1.54, 1.807) is 0 Å². The lowest BCUT2D eigenvalue weighted by atomic mass is 10.8. The summed E-state index contributed by atoms with van der Waals surface area (Å²) in [5.74, 6) is -0.573. The molecule has 0 bridgehead atoms. The number of carboxylic acid groups (broad SMARTS) is 1. The number of carbonyl (C=O) groups excluding carboxylic acids is 1. The second kappa shape index (κ2) is 3.71. The first kappa shape index (κ1) is 7.74. The number of hydrogen-bond acceptors (Lipinski definition) is 4. The molecule has 0 saturated heterocycles. The van der Waals surface area contributed by atoms with Gasteiger partial charge in [0.1, 0.15) is 0 Å². The molecule has 5 heteroatoms. The lowest BCUT2D eigenvalue weighted by Gasteiger charge is -1.97. The van der Waals surface area contributed by atoms with Gasteiger partial charge in [-0.15, -0.1) is 0 Å². The van der Waals surface area contributed by atoms with Crippen LogP contribution in [0.3, 0.4) is 0 Å². The van der Waals surface area contributed by atoms with Crippen LogP contribution >= 0.6 is 0 Å². The van der Waals surface area contributed by atoms with Crippen molar-refractivity contribution in [2.75, 3.05) is 6.79 Å². The highest BCUT2D eigenvalue weighted by atomic mass is 16.7. The monoisotopic (exact) mass is 134 g/mol. The van der Waals surface area contributed by atoms with Crippen molar-refractivity contribution < 1.29 is 24.2 Å². The Morgan fingerprint density at radius 1 is 1.44 bits per heavy atom. The summed E-state index contributed by atoms with van der Waals surface area (Å²) in [4.78, 5) is 19.5. The highest BCUT2D eigenvalue weighted by Crippen LogP contribution is 1.79. The van der Waals surface area contributed by atoms with Gasteiger partial charge in [-0.25, -0.2) is 4.79 Å². The molecule has 0 amide bonds. The van der Waals surface area contributed by atoms with Gasteiger partial charge in [0.05, 0.1) is 0 Å². The Morgan fingerprint density at radius 3 is 2.33 bits per heavy atom. The molecule has 0 heterocycles. The van der Waals surface area contributed by atoms with Gasteiger partial charge in [-0.1, -0.05) is 0 Å². The van der Waals surface area contributed by atoms with Crippen LogP contribution in [0.4, 0.5) is 4.79 Å². The molecule has 1 N–H and O–H groups in total. The van der Waals surface area contributed by atoms with Crippen molar-refractivity contribution in [3.63, 3.8) is 0 Å². The minimum absolute atomic E-state index is 0.537. The third-order valence-electron chi connectivity index (χ3n) is 0.445. The maximum absolute atomic E-state index is 9.93. The summed E-state index contributed by atoms with van der Waals surface area (Å²) in [6.45, 7) is 0.621. The Morgan fingerprint density at radius 2 is 2.00 bits per heavy atom. The van der Waals surface area contributed by atoms with E-state index in [1.165, 1.54) is 0 Å². The number of ether oxygens (including phenoxy) is 2. The molecular formula is C4H6O5. The smallest absolute Gasteiger partial charge is 0.450 e. The second-order valence-corrected chi connectivity index (χ2v) is 1.16. The molecule has 5 nitrogen and oxygen atoms in total. The lowest BCUT2D eigenvalue weighted by molar-refractivity contribution is -0.150. The number of hydrogen-bond donors (Lipinski definition) is 1. The summed E-state index contributed by atoms with van der Waals surface area (Å²) in [5, 5.41) is 7.81. The van der Waals surface area contributed by atoms with E-state index in [-0.39, 0.29) is 0 Å². The van der Waals surface area contributed by atoms with Gasteiger partial charge in [-0.05, 0) is 0 Å². The molecule has 0 fully saturated rings. The molecule has 0 aromatic carbocycles. The molecule has 0 rings (SSSR count). The van der Waals surface area contributed by atoms with Crippen molar-refractivity contribution in [1.82, 2.24) is 0 Å². The summed E-state index contributed by atoms with van der Waals surface area (Å²) < 4.78 is 7.94. The highest BCUT2D eigenvalue weighted by molar-refractivity contribution is 5.66. The van der Waals surface area contributed by atoms with Crippen molar-refractivity contribution in [2.45, 2.75) is 6.92 Å². The fraction of sp³-hybridized carbons (Fsp3) is 0.500. The Bertz CT molecular complexity index is 104. The van der Waals surface area contributed by atoms with Crippen molar-refractivity contribution >= 4 is 12.1 Å². The zero-order valence-corrected chi connectivity index (χ0v) is 4.79. The molecule has 0 atom stereocenters. The van der Waals surface area contributed by atoms with E-state index in [1.807, 2.05) is 0 Å². The van der Waals surface area contributed by atoms with E-state index >= 15 is 0 Å². The third-order valence-corrected chi connectivity index (χ3v) is 0.445. The first-order valence-electron chi connectivity index (χ1n) is 2.12. The predicted octanol–water partition coefficient (Wildman–Crippen LogP) is 0.202. The summed E-state index contributed by atoms with van der Waals surface area (Å²) in [5.41, 5.74) is 0. The quantitative estimate of drug-likeness (QED) is 0.431. The predicted molar refractivity (Wildman–Crippen MR) is 25.7 cm³/mol. The molecule has 0 aliphatic carbocycles. The van der Waals surface area contributed by atoms with Gasteiger partial charge in [0.25, 0.3) is 0 Å². The molecule has 9 heavy (non-hydrogen) atoms. The Kier molecular flexibility index (Phi) is 3.19. The number of esters is 1. The minimum Gasteiger partial charge on any atom is -0.450 e. The molecule has 0 unspecified atom stereocenters. The Labute approximate surface area is 51.2 Å². The molecule has 0 aliphatic heterocycles. The standard InChI is InChI=1S/C4H6O5/c1-3(5)8-2-9-4(6)7/h2H2,1H3,(H,6,7). The third kappa shape index (κ3) is 6.74. The molecule has 0 aliphatic rings. The van der Waals surface area contributed by atoms with Crippen LogP contribution in [-0.4, -0.2) is 24.0 Å². The lowest BCUT2D eigenvalue weighted by Crippen LogP contribution is -2.08. The van der Waals surface area contributed by atoms with Crippen LogP contribution in [0.15, 0.2) is 0 Å². The van der Waals surface area contributed by atoms with Gasteiger partial charge in [-0.2, -0.15) is 0 Å². The molecule has 0 saturated carbocycles. The first-order chi connectivity index (χ1) is 4.13. The number of carbonyl (C=O) groups is 2. The van der Waals surface area contributed by atoms with Crippen molar-refractivity contribution in [3.05, 3.63) is 0 Å². The topological polar surface area (TPSA) is 72.8 Å². The van der Waals surface area contributed by atoms with E-state index in [9.17, 15) is 9.59 Å². The van der Waals surface area contributed by atoms with E-state index in [0.29, 0.717) is 0 Å². The van der Waals surface area contributed by atoms with Crippen molar-refractivity contribution in [2.24, 2.45) is 0 Å². The summed E-state index contributed by atoms with van der Waals surface area (Å²) in [6.07, 6.45) is -1.46. The van der Waals surface area contributed by atoms with Crippen LogP contribution in [0.2, 0.25) is 0 Å². The first-order valence-corrected chi connectivity index (χ1v) is 2.12. The van der Waals surface area contributed by atoms with Crippen LogP contribution in [0, 0.1) is 0 Å². The maximum Gasteiger partial charge on any atom is 0.508 e. The summed E-state index contributed by atoms with van der Waals surface area (Å²) >= 11 is 0. The van der Waals surface area contributed by atoms with Crippen LogP contribution in [0.1, 0.15) is 6.92 Å². The van der Waals surface area contributed by atoms with Crippen LogP contribution in [0.5, 0.6) is 0 Å². The van der Waals surface area contributed by atoms with E-state index in [2.05, 4.69) is 9.47 Å². The van der Waals surface area contributed by atoms with E-state index in [0.717, 1.165) is 6.92 Å². The zero-order valence-electron chi connectivity index (χ0n) is 4.79. The van der Waals surface area contributed by atoms with E-state index < -0.39 is 18.9 Å². The number of rotatable bonds is 2.